The molecule has 0 aliphatic carbocycles. The molecule has 0 N–H and O–H groups in total. The zero-order valence-electron chi connectivity index (χ0n) is 16.2. The van der Waals surface area contributed by atoms with Gasteiger partial charge < -0.3 is 14.5 Å². The van der Waals surface area contributed by atoms with E-state index in [1.165, 1.54) is 13.2 Å². The molecule has 0 amide bonds. The number of alkyl halides is 3. The molecular formula is C21H19F3N4O2. The van der Waals surface area contributed by atoms with Crippen LogP contribution in [0.3, 0.4) is 0 Å². The molecule has 4 rings (SSSR count). The summed E-state index contributed by atoms with van der Waals surface area (Å²) in [5.41, 5.74) is 1.21. The van der Waals surface area contributed by atoms with Gasteiger partial charge in [0.05, 0.1) is 23.7 Å². The molecule has 1 fully saturated rings. The number of anilines is 2. The summed E-state index contributed by atoms with van der Waals surface area (Å²) >= 11 is 0. The second-order valence-electron chi connectivity index (χ2n) is 6.90. The van der Waals surface area contributed by atoms with Gasteiger partial charge in [0.25, 0.3) is 0 Å². The minimum Gasteiger partial charge on any atom is -0.464 e. The maximum atomic E-state index is 13.0. The lowest BCUT2D eigenvalue weighted by Gasteiger charge is -2.37. The third kappa shape index (κ3) is 3.87. The van der Waals surface area contributed by atoms with Crippen LogP contribution in [0.4, 0.5) is 24.7 Å². The van der Waals surface area contributed by atoms with Gasteiger partial charge >= 0.3 is 12.1 Å². The monoisotopic (exact) mass is 416 g/mol. The quantitative estimate of drug-likeness (QED) is 0.606. The first kappa shape index (κ1) is 19.9. The maximum Gasteiger partial charge on any atom is 0.416 e. The van der Waals surface area contributed by atoms with Gasteiger partial charge in [0, 0.05) is 31.9 Å². The van der Waals surface area contributed by atoms with E-state index >= 15 is 0 Å². The number of piperazine rings is 1. The second kappa shape index (κ2) is 7.81. The van der Waals surface area contributed by atoms with Gasteiger partial charge in [-0.05, 0) is 30.3 Å². The molecule has 6 nitrogen and oxygen atoms in total. The molecular weight excluding hydrogens is 397 g/mol. The zero-order valence-corrected chi connectivity index (χ0v) is 16.2. The number of hydrogen-bond acceptors (Lipinski definition) is 6. The number of halogens is 3. The average molecular weight is 416 g/mol. The van der Waals surface area contributed by atoms with Gasteiger partial charge in [-0.1, -0.05) is 18.2 Å². The summed E-state index contributed by atoms with van der Waals surface area (Å²) in [6, 6.07) is 12.5. The largest absolute Gasteiger partial charge is 0.464 e. The van der Waals surface area contributed by atoms with E-state index in [0.717, 1.165) is 12.1 Å². The normalized spacial score (nSPS) is 14.8. The molecule has 2 heterocycles. The predicted molar refractivity (Wildman–Crippen MR) is 107 cm³/mol. The molecule has 1 saturated heterocycles. The molecule has 2 aromatic carbocycles. The fourth-order valence-corrected chi connectivity index (χ4v) is 3.50. The van der Waals surface area contributed by atoms with E-state index in [1.54, 1.807) is 12.1 Å². The summed E-state index contributed by atoms with van der Waals surface area (Å²) in [5, 5.41) is 0. The molecule has 1 aliphatic heterocycles. The molecule has 0 spiro atoms. The number of methoxy groups -OCH3 is 1. The van der Waals surface area contributed by atoms with Crippen molar-refractivity contribution in [3.8, 4) is 0 Å². The Hall–Kier alpha value is -3.36. The number of carbonyl (C=O) groups is 1. The SMILES string of the molecule is COC(=O)c1nc2ccccc2nc1N1CCN(c2cccc(C(F)(F)F)c2)CC1. The molecule has 30 heavy (non-hydrogen) atoms. The first-order valence-corrected chi connectivity index (χ1v) is 9.39. The minimum absolute atomic E-state index is 0.128. The van der Waals surface area contributed by atoms with E-state index in [9.17, 15) is 18.0 Å². The fraction of sp³-hybridized carbons (Fsp3) is 0.286. The van der Waals surface area contributed by atoms with Gasteiger partial charge in [-0.25, -0.2) is 14.8 Å². The summed E-state index contributed by atoms with van der Waals surface area (Å²) in [6.07, 6.45) is -4.38. The number of aromatic nitrogens is 2. The highest BCUT2D eigenvalue weighted by atomic mass is 19.4. The van der Waals surface area contributed by atoms with E-state index in [1.807, 2.05) is 28.0 Å². The number of esters is 1. The lowest BCUT2D eigenvalue weighted by atomic mass is 10.1. The van der Waals surface area contributed by atoms with E-state index in [-0.39, 0.29) is 5.69 Å². The Morgan fingerprint density at radius 2 is 1.57 bits per heavy atom. The molecule has 3 aromatic rings. The van der Waals surface area contributed by atoms with Crippen LogP contribution in [0.15, 0.2) is 48.5 Å². The van der Waals surface area contributed by atoms with Crippen molar-refractivity contribution in [2.24, 2.45) is 0 Å². The van der Waals surface area contributed by atoms with Gasteiger partial charge in [-0.2, -0.15) is 13.2 Å². The number of hydrogen-bond donors (Lipinski definition) is 0. The Balaban J connectivity index is 1.58. The van der Waals surface area contributed by atoms with Crippen LogP contribution in [0.25, 0.3) is 11.0 Å². The highest BCUT2D eigenvalue weighted by Gasteiger charge is 2.31. The summed E-state index contributed by atoms with van der Waals surface area (Å²) in [6.45, 7) is 1.92. The van der Waals surface area contributed by atoms with Crippen LogP contribution in [-0.2, 0) is 10.9 Å². The molecule has 0 unspecified atom stereocenters. The van der Waals surface area contributed by atoms with E-state index < -0.39 is 17.7 Å². The molecule has 9 heteroatoms. The van der Waals surface area contributed by atoms with Crippen molar-refractivity contribution >= 4 is 28.5 Å². The molecule has 0 saturated carbocycles. The molecule has 1 aliphatic rings. The van der Waals surface area contributed by atoms with Gasteiger partial charge in [0.1, 0.15) is 0 Å². The summed E-state index contributed by atoms with van der Waals surface area (Å²) in [4.78, 5) is 25.1. The van der Waals surface area contributed by atoms with Crippen molar-refractivity contribution in [2.75, 3.05) is 43.1 Å². The Labute approximate surface area is 170 Å². The van der Waals surface area contributed by atoms with Gasteiger partial charge in [-0.15, -0.1) is 0 Å². The van der Waals surface area contributed by atoms with E-state index in [0.29, 0.717) is 48.7 Å². The van der Waals surface area contributed by atoms with Crippen molar-refractivity contribution < 1.29 is 22.7 Å². The summed E-state index contributed by atoms with van der Waals surface area (Å²) < 4.78 is 43.9. The third-order valence-corrected chi connectivity index (χ3v) is 5.05. The van der Waals surface area contributed by atoms with Gasteiger partial charge in [0.2, 0.25) is 0 Å². The molecule has 0 atom stereocenters. The lowest BCUT2D eigenvalue weighted by molar-refractivity contribution is -0.137. The smallest absolute Gasteiger partial charge is 0.416 e. The van der Waals surface area contributed by atoms with Crippen molar-refractivity contribution in [1.29, 1.82) is 0 Å². The topological polar surface area (TPSA) is 58.6 Å². The summed E-state index contributed by atoms with van der Waals surface area (Å²) in [7, 11) is 1.29. The first-order chi connectivity index (χ1) is 14.4. The second-order valence-corrected chi connectivity index (χ2v) is 6.90. The highest BCUT2D eigenvalue weighted by Crippen LogP contribution is 2.32. The van der Waals surface area contributed by atoms with Crippen LogP contribution in [0.2, 0.25) is 0 Å². The predicted octanol–water partition coefficient (Wildman–Crippen LogP) is 3.76. The number of rotatable bonds is 3. The van der Waals surface area contributed by atoms with Crippen molar-refractivity contribution in [2.45, 2.75) is 6.18 Å². The molecule has 1 aromatic heterocycles. The Morgan fingerprint density at radius 3 is 2.20 bits per heavy atom. The average Bonchev–Trinajstić information content (AvgIpc) is 2.77. The maximum absolute atomic E-state index is 13.0. The van der Waals surface area contributed by atoms with Crippen molar-refractivity contribution in [1.82, 2.24) is 9.97 Å². The Bertz CT molecular complexity index is 1080. The van der Waals surface area contributed by atoms with Gasteiger partial charge in [0.15, 0.2) is 11.5 Å². The lowest BCUT2D eigenvalue weighted by Crippen LogP contribution is -2.47. The van der Waals surface area contributed by atoms with E-state index in [4.69, 9.17) is 4.74 Å². The van der Waals surface area contributed by atoms with Crippen molar-refractivity contribution in [3.63, 3.8) is 0 Å². The fourth-order valence-electron chi connectivity index (χ4n) is 3.50. The number of ether oxygens (including phenoxy) is 1. The van der Waals surface area contributed by atoms with Crippen LogP contribution in [0, 0.1) is 0 Å². The van der Waals surface area contributed by atoms with E-state index in [2.05, 4.69) is 9.97 Å². The molecule has 0 bridgehead atoms. The number of benzene rings is 2. The number of para-hydroxylation sites is 2. The zero-order chi connectivity index (χ0) is 21.3. The van der Waals surface area contributed by atoms with Gasteiger partial charge in [-0.3, -0.25) is 0 Å². The first-order valence-electron chi connectivity index (χ1n) is 9.39. The number of fused-ring (bicyclic) bond motifs is 1. The van der Waals surface area contributed by atoms with Crippen molar-refractivity contribution in [3.05, 3.63) is 59.8 Å². The Morgan fingerprint density at radius 1 is 0.933 bits per heavy atom. The van der Waals surface area contributed by atoms with Crippen LogP contribution in [-0.4, -0.2) is 49.2 Å². The standard InChI is InChI=1S/C21H19F3N4O2/c1-30-20(29)18-19(26-17-8-3-2-7-16(17)25-18)28-11-9-27(10-12-28)15-6-4-5-14(13-15)21(22,23)24/h2-8,13H,9-12H2,1H3. The Kier molecular flexibility index (Phi) is 5.19. The number of carbonyl (C=O) groups excluding carboxylic acids is 1. The number of nitrogens with zero attached hydrogens (tertiary/aromatic N) is 4. The highest BCUT2D eigenvalue weighted by molar-refractivity contribution is 5.95. The molecule has 0 radical (unpaired) electrons. The minimum atomic E-state index is -4.38. The van der Waals surface area contributed by atoms with Crippen LogP contribution < -0.4 is 9.80 Å². The third-order valence-electron chi connectivity index (χ3n) is 5.05. The van der Waals surface area contributed by atoms with Crippen LogP contribution >= 0.6 is 0 Å². The molecule has 156 valence electrons. The summed E-state index contributed by atoms with van der Waals surface area (Å²) in [5.74, 6) is -0.159. The van der Waals surface area contributed by atoms with Crippen LogP contribution in [0.1, 0.15) is 16.1 Å². The van der Waals surface area contributed by atoms with Crippen LogP contribution in [0.5, 0.6) is 0 Å².